The molecule has 0 heterocycles. The Bertz CT molecular complexity index is 7.61. The van der Waals surface area contributed by atoms with Crippen LogP contribution in [0.2, 0.25) is 13.1 Å². The maximum Gasteiger partial charge on any atom is 1.00 e. The smallest absolute Gasteiger partial charge is 0.968 e. The largest absolute Gasteiger partial charge is 1.00 e. The summed E-state index contributed by atoms with van der Waals surface area (Å²) in [6, 6.07) is 0. The van der Waals surface area contributed by atoms with Crippen molar-refractivity contribution in [3.8, 4) is 0 Å². The molecule has 5 heavy (non-hydrogen) atoms. The fourth-order valence-electron chi connectivity index (χ4n) is 0. The minimum atomic E-state index is 0. The van der Waals surface area contributed by atoms with Gasteiger partial charge in [-0.3, -0.25) is 0 Å². The predicted molar refractivity (Wildman–Crippen MR) is 17.5 cm³/mol. The van der Waals surface area contributed by atoms with Gasteiger partial charge in [0.05, 0.1) is 0 Å². The Morgan fingerprint density at radius 3 is 1.00 bits per heavy atom. The van der Waals surface area contributed by atoms with Gasteiger partial charge < -0.3 is 22.6 Å². The summed E-state index contributed by atoms with van der Waals surface area (Å²) in [5.74, 6) is 0. The van der Waals surface area contributed by atoms with Crippen LogP contribution in [-0.4, -0.2) is 9.52 Å². The first-order valence-electron chi connectivity index (χ1n) is 1.00. The van der Waals surface area contributed by atoms with Crippen molar-refractivity contribution >= 4 is 9.52 Å². The summed E-state index contributed by atoms with van der Waals surface area (Å²) in [7, 11) is 1.08. The quantitative estimate of drug-likeness (QED) is 0.269. The summed E-state index contributed by atoms with van der Waals surface area (Å²) >= 11 is 0. The normalized spacial score (nSPS) is 3.60. The molecule has 0 N–H and O–H groups in total. The SMILES string of the molecule is C[Si-2]C.[Na+].[Na+]. The Labute approximate surface area is 80.5 Å². The topological polar surface area (TPSA) is 0 Å². The Kier molecular flexibility index (Phi) is 51.3. The molecule has 20 valence electrons. The number of rotatable bonds is 0. The molecule has 0 aliphatic rings. The standard InChI is InChI=1S/C2H6Si.2Na/c1-3-2;;/h1-2H3;;/q-2;2*+1. The first-order chi connectivity index (χ1) is 1.41. The second-order valence-electron chi connectivity index (χ2n) is 0.500. The van der Waals surface area contributed by atoms with Crippen molar-refractivity contribution in [2.24, 2.45) is 0 Å². The summed E-state index contributed by atoms with van der Waals surface area (Å²) in [6.45, 7) is 4.31. The maximum absolute atomic E-state index is 2.15. The molecule has 0 rings (SSSR count). The molecule has 0 saturated carbocycles. The van der Waals surface area contributed by atoms with E-state index in [0.717, 1.165) is 9.52 Å². The zero-order valence-corrected chi connectivity index (χ0v) is 9.50. The van der Waals surface area contributed by atoms with Gasteiger partial charge in [-0.1, -0.05) is 0 Å². The van der Waals surface area contributed by atoms with E-state index in [2.05, 4.69) is 13.1 Å². The zero-order valence-electron chi connectivity index (χ0n) is 4.50. The van der Waals surface area contributed by atoms with Crippen LogP contribution in [-0.2, 0) is 0 Å². The van der Waals surface area contributed by atoms with E-state index in [0.29, 0.717) is 0 Å². The first-order valence-corrected chi connectivity index (χ1v) is 3.00. The molecular weight excluding hydrogens is 98.1 g/mol. The molecule has 0 radical (unpaired) electrons. The molecule has 0 aliphatic heterocycles. The Hall–Kier alpha value is 2.22. The molecule has 0 aromatic heterocycles. The Morgan fingerprint density at radius 1 is 1.00 bits per heavy atom. The second-order valence-corrected chi connectivity index (χ2v) is 1.50. The maximum atomic E-state index is 2.15. The summed E-state index contributed by atoms with van der Waals surface area (Å²) in [5, 5.41) is 0. The van der Waals surface area contributed by atoms with Crippen LogP contribution in [0.1, 0.15) is 0 Å². The first kappa shape index (κ1) is 15.7. The minimum Gasteiger partial charge on any atom is -0.968 e. The molecule has 0 spiro atoms. The van der Waals surface area contributed by atoms with E-state index in [1.54, 1.807) is 0 Å². The van der Waals surface area contributed by atoms with Crippen LogP contribution < -0.4 is 59.1 Å². The molecule has 0 bridgehead atoms. The molecule has 0 aromatic carbocycles. The summed E-state index contributed by atoms with van der Waals surface area (Å²) in [6.07, 6.45) is 0. The van der Waals surface area contributed by atoms with E-state index < -0.39 is 0 Å². The van der Waals surface area contributed by atoms with Gasteiger partial charge in [0.2, 0.25) is 0 Å². The van der Waals surface area contributed by atoms with Gasteiger partial charge in [-0.05, 0) is 0 Å². The van der Waals surface area contributed by atoms with Crippen LogP contribution in [0.25, 0.3) is 0 Å². The average Bonchev–Trinajstić information content (AvgIpc) is 0.918. The van der Waals surface area contributed by atoms with Crippen molar-refractivity contribution < 1.29 is 59.1 Å². The van der Waals surface area contributed by atoms with Crippen LogP contribution in [0.15, 0.2) is 0 Å². The third-order valence-corrected chi connectivity index (χ3v) is 0. The molecule has 0 fully saturated rings. The molecule has 0 atom stereocenters. The van der Waals surface area contributed by atoms with Crippen LogP contribution in [0.5, 0.6) is 0 Å². The van der Waals surface area contributed by atoms with E-state index in [1.165, 1.54) is 0 Å². The Morgan fingerprint density at radius 2 is 1.00 bits per heavy atom. The molecule has 0 amide bonds. The van der Waals surface area contributed by atoms with E-state index in [1.807, 2.05) is 0 Å². The third kappa shape index (κ3) is 22.5. The number of hydrogen-bond donors (Lipinski definition) is 0. The van der Waals surface area contributed by atoms with E-state index in [-0.39, 0.29) is 59.1 Å². The molecule has 3 heteroatoms. The van der Waals surface area contributed by atoms with Gasteiger partial charge in [-0.2, -0.15) is 0 Å². The van der Waals surface area contributed by atoms with Gasteiger partial charge in [-0.25, -0.2) is 0 Å². The van der Waals surface area contributed by atoms with Crippen molar-refractivity contribution in [2.45, 2.75) is 13.1 Å². The molecule has 0 unspecified atom stereocenters. The van der Waals surface area contributed by atoms with Gasteiger partial charge in [0, 0.05) is 0 Å². The molecule has 0 nitrogen and oxygen atoms in total. The zero-order chi connectivity index (χ0) is 2.71. The fraction of sp³-hybridized carbons (Fsp3) is 1.00. The summed E-state index contributed by atoms with van der Waals surface area (Å²) in [5.41, 5.74) is 0. The second kappa shape index (κ2) is 16.4. The summed E-state index contributed by atoms with van der Waals surface area (Å²) in [4.78, 5) is 0. The molecular formula is C2H6Na2Si. The van der Waals surface area contributed by atoms with Crippen molar-refractivity contribution in [3.63, 3.8) is 0 Å². The van der Waals surface area contributed by atoms with Crippen molar-refractivity contribution in [1.82, 2.24) is 0 Å². The number of hydrogen-bond acceptors (Lipinski definition) is 0. The predicted octanol–water partition coefficient (Wildman–Crippen LogP) is -5.21. The van der Waals surface area contributed by atoms with Gasteiger partial charge >= 0.3 is 59.1 Å². The van der Waals surface area contributed by atoms with Crippen LogP contribution in [0, 0.1) is 0 Å². The average molecular weight is 104 g/mol. The van der Waals surface area contributed by atoms with E-state index >= 15 is 0 Å². The van der Waals surface area contributed by atoms with Gasteiger partial charge in [0.25, 0.3) is 0 Å². The molecule has 0 saturated heterocycles. The third-order valence-electron chi connectivity index (χ3n) is 0. The summed E-state index contributed by atoms with van der Waals surface area (Å²) < 4.78 is 0. The molecule has 0 aromatic rings. The molecule has 0 aliphatic carbocycles. The minimum absolute atomic E-state index is 0. The van der Waals surface area contributed by atoms with E-state index in [9.17, 15) is 0 Å². The van der Waals surface area contributed by atoms with Crippen molar-refractivity contribution in [2.75, 3.05) is 0 Å². The Balaban J connectivity index is -0.0000000200. The van der Waals surface area contributed by atoms with Crippen LogP contribution in [0.4, 0.5) is 0 Å². The fourth-order valence-corrected chi connectivity index (χ4v) is 0. The monoisotopic (exact) mass is 104 g/mol. The van der Waals surface area contributed by atoms with Crippen molar-refractivity contribution in [3.05, 3.63) is 0 Å². The van der Waals surface area contributed by atoms with Crippen molar-refractivity contribution in [1.29, 1.82) is 0 Å². The van der Waals surface area contributed by atoms with E-state index in [4.69, 9.17) is 0 Å². The van der Waals surface area contributed by atoms with Crippen LogP contribution in [0.3, 0.4) is 0 Å². The van der Waals surface area contributed by atoms with Gasteiger partial charge in [-0.15, -0.1) is 0 Å². The van der Waals surface area contributed by atoms with Gasteiger partial charge in [0.15, 0.2) is 0 Å². The van der Waals surface area contributed by atoms with Gasteiger partial charge in [0.1, 0.15) is 0 Å². The van der Waals surface area contributed by atoms with Crippen LogP contribution >= 0.6 is 0 Å².